The third-order valence-electron chi connectivity index (χ3n) is 5.86. The molecule has 1 atom stereocenters. The molecular formula is C26H26N4O3. The van der Waals surface area contributed by atoms with Gasteiger partial charge < -0.3 is 20.3 Å². The molecule has 3 amide bonds. The molecule has 7 nitrogen and oxygen atoms in total. The van der Waals surface area contributed by atoms with Crippen LogP contribution in [0.3, 0.4) is 0 Å². The van der Waals surface area contributed by atoms with Crippen LogP contribution < -0.4 is 15.4 Å². The maximum Gasteiger partial charge on any atom is 0.318 e. The fraction of sp³-hybridized carbons (Fsp3) is 0.269. The van der Waals surface area contributed by atoms with Crippen molar-refractivity contribution in [2.24, 2.45) is 0 Å². The van der Waals surface area contributed by atoms with Crippen LogP contribution in [-0.4, -0.2) is 41.5 Å². The lowest BCUT2D eigenvalue weighted by Gasteiger charge is -2.24. The van der Waals surface area contributed by atoms with Crippen LogP contribution in [0, 0.1) is 12.3 Å². The van der Waals surface area contributed by atoms with Crippen LogP contribution >= 0.6 is 0 Å². The van der Waals surface area contributed by atoms with Crippen LogP contribution in [0.15, 0.2) is 54.7 Å². The molecule has 3 aromatic rings. The third kappa shape index (κ3) is 5.07. The Bertz CT molecular complexity index is 1200. The molecule has 0 aliphatic carbocycles. The molecule has 1 aromatic heterocycles. The Hall–Kier alpha value is -4.05. The Balaban J connectivity index is 1.37. The van der Waals surface area contributed by atoms with Gasteiger partial charge in [0.2, 0.25) is 11.8 Å². The molecule has 0 spiro atoms. The van der Waals surface area contributed by atoms with Crippen LogP contribution in [0.1, 0.15) is 29.5 Å². The first-order valence-electron chi connectivity index (χ1n) is 10.9. The van der Waals surface area contributed by atoms with Gasteiger partial charge in [-0.2, -0.15) is 0 Å². The zero-order valence-corrected chi connectivity index (χ0v) is 18.5. The van der Waals surface area contributed by atoms with E-state index in [2.05, 4.69) is 21.5 Å². The number of rotatable bonds is 6. The maximum absolute atomic E-state index is 12.9. The Morgan fingerprint density at radius 3 is 2.82 bits per heavy atom. The van der Waals surface area contributed by atoms with Gasteiger partial charge in [0.05, 0.1) is 7.11 Å². The highest BCUT2D eigenvalue weighted by atomic mass is 16.5. The topological polar surface area (TPSA) is 83.6 Å². The first-order valence-corrected chi connectivity index (χ1v) is 10.9. The lowest BCUT2D eigenvalue weighted by molar-refractivity contribution is -0.124. The molecule has 1 saturated heterocycles. The van der Waals surface area contributed by atoms with Gasteiger partial charge in [0.1, 0.15) is 6.04 Å². The van der Waals surface area contributed by atoms with Crippen LogP contribution in [0.4, 0.5) is 4.79 Å². The number of benzene rings is 2. The summed E-state index contributed by atoms with van der Waals surface area (Å²) >= 11 is 0. The summed E-state index contributed by atoms with van der Waals surface area (Å²) in [6, 6.07) is 14.6. The Labute approximate surface area is 193 Å². The highest BCUT2D eigenvalue weighted by Crippen LogP contribution is 2.21. The summed E-state index contributed by atoms with van der Waals surface area (Å²) < 4.78 is 5.05. The number of ether oxygens (including phenoxy) is 1. The van der Waals surface area contributed by atoms with Gasteiger partial charge in [-0.3, -0.25) is 4.79 Å². The molecule has 2 heterocycles. The van der Waals surface area contributed by atoms with Gasteiger partial charge in [0.15, 0.2) is 0 Å². The standard InChI is InChI=1S/C26H26N4O3/c1-3-18-9-11-20-6-4-7-21(22(20)14-18)17-29-26(32)30-13-5-8-23(30)25(31)28-16-19-10-12-24(33-2)27-15-19/h1,4,6-7,9-12,14-15,23H,5,8,13,16-17H2,2H3,(H,28,31)(H,29,32)/t23-/m0/s1. The molecule has 2 N–H and O–H groups in total. The average Bonchev–Trinajstić information content (AvgIpc) is 3.36. The van der Waals surface area contributed by atoms with Crippen molar-refractivity contribution in [1.29, 1.82) is 0 Å². The molecule has 2 aromatic carbocycles. The number of urea groups is 1. The van der Waals surface area contributed by atoms with Crippen LogP contribution in [0.25, 0.3) is 10.8 Å². The molecule has 1 aliphatic rings. The number of carbonyl (C=O) groups is 2. The maximum atomic E-state index is 12.9. The van der Waals surface area contributed by atoms with Crippen molar-refractivity contribution in [3.63, 3.8) is 0 Å². The molecule has 0 unspecified atom stereocenters. The zero-order chi connectivity index (χ0) is 23.2. The van der Waals surface area contributed by atoms with E-state index < -0.39 is 6.04 Å². The van der Waals surface area contributed by atoms with Gasteiger partial charge in [-0.15, -0.1) is 6.42 Å². The predicted octanol–water partition coefficient (Wildman–Crippen LogP) is 3.22. The molecule has 168 valence electrons. The second kappa shape index (κ2) is 10.0. The first-order chi connectivity index (χ1) is 16.1. The third-order valence-corrected chi connectivity index (χ3v) is 5.86. The summed E-state index contributed by atoms with van der Waals surface area (Å²) in [7, 11) is 1.55. The van der Waals surface area contributed by atoms with Crippen molar-refractivity contribution in [1.82, 2.24) is 20.5 Å². The van der Waals surface area contributed by atoms with E-state index >= 15 is 0 Å². The molecule has 1 aliphatic heterocycles. The quantitative estimate of drug-likeness (QED) is 0.574. The number of nitrogens with one attached hydrogen (secondary N) is 2. The molecule has 0 radical (unpaired) electrons. The molecule has 4 rings (SSSR count). The van der Waals surface area contributed by atoms with Gasteiger partial charge in [0, 0.05) is 37.5 Å². The highest BCUT2D eigenvalue weighted by Gasteiger charge is 2.33. The number of terminal acetylenes is 1. The first kappa shape index (κ1) is 22.2. The predicted molar refractivity (Wildman–Crippen MR) is 126 cm³/mol. The summed E-state index contributed by atoms with van der Waals surface area (Å²) in [5, 5.41) is 7.96. The van der Waals surface area contributed by atoms with E-state index in [0.29, 0.717) is 31.9 Å². The smallest absolute Gasteiger partial charge is 0.318 e. The van der Waals surface area contributed by atoms with Gasteiger partial charge in [0.25, 0.3) is 0 Å². The number of methoxy groups -OCH3 is 1. The second-order valence-corrected chi connectivity index (χ2v) is 7.93. The van der Waals surface area contributed by atoms with Crippen molar-refractivity contribution in [3.05, 3.63) is 71.4 Å². The summed E-state index contributed by atoms with van der Waals surface area (Å²) in [6.45, 7) is 1.24. The Morgan fingerprint density at radius 1 is 1.18 bits per heavy atom. The van der Waals surface area contributed by atoms with E-state index in [1.807, 2.05) is 42.5 Å². The molecule has 7 heteroatoms. The summed E-state index contributed by atoms with van der Waals surface area (Å²) in [5.74, 6) is 3.01. The minimum Gasteiger partial charge on any atom is -0.481 e. The number of hydrogen-bond donors (Lipinski definition) is 2. The lowest BCUT2D eigenvalue weighted by atomic mass is 10.0. The summed E-state index contributed by atoms with van der Waals surface area (Å²) in [5.41, 5.74) is 2.63. The number of fused-ring (bicyclic) bond motifs is 1. The largest absolute Gasteiger partial charge is 0.481 e. The molecule has 33 heavy (non-hydrogen) atoms. The van der Waals surface area contributed by atoms with Crippen LogP contribution in [0.2, 0.25) is 0 Å². The van der Waals surface area contributed by atoms with E-state index in [1.54, 1.807) is 24.3 Å². The number of likely N-dealkylation sites (tertiary alicyclic amines) is 1. The van der Waals surface area contributed by atoms with Gasteiger partial charge in [-0.1, -0.05) is 36.3 Å². The van der Waals surface area contributed by atoms with Crippen LogP contribution in [-0.2, 0) is 17.9 Å². The number of carbonyl (C=O) groups excluding carboxylic acids is 2. The number of nitrogens with zero attached hydrogens (tertiary/aromatic N) is 2. The number of amides is 3. The van der Waals surface area contributed by atoms with E-state index in [1.165, 1.54) is 0 Å². The van der Waals surface area contributed by atoms with E-state index in [9.17, 15) is 9.59 Å². The van der Waals surface area contributed by atoms with Crippen LogP contribution in [0.5, 0.6) is 5.88 Å². The van der Waals surface area contributed by atoms with Crippen molar-refractivity contribution < 1.29 is 14.3 Å². The molecule has 0 saturated carbocycles. The van der Waals surface area contributed by atoms with Gasteiger partial charge >= 0.3 is 6.03 Å². The lowest BCUT2D eigenvalue weighted by Crippen LogP contribution is -2.49. The molecule has 1 fully saturated rings. The fourth-order valence-electron chi connectivity index (χ4n) is 4.08. The van der Waals surface area contributed by atoms with Crippen molar-refractivity contribution in [2.75, 3.05) is 13.7 Å². The van der Waals surface area contributed by atoms with Gasteiger partial charge in [-0.25, -0.2) is 9.78 Å². The summed E-state index contributed by atoms with van der Waals surface area (Å²) in [6.07, 6.45) is 8.63. The minimum atomic E-state index is -0.489. The van der Waals surface area contributed by atoms with E-state index in [-0.39, 0.29) is 11.9 Å². The van der Waals surface area contributed by atoms with Crippen molar-refractivity contribution in [3.8, 4) is 18.2 Å². The molecular weight excluding hydrogens is 416 g/mol. The van der Waals surface area contributed by atoms with E-state index in [0.717, 1.165) is 33.9 Å². The monoisotopic (exact) mass is 442 g/mol. The highest BCUT2D eigenvalue weighted by molar-refractivity contribution is 5.89. The number of aromatic nitrogens is 1. The number of pyridine rings is 1. The number of hydrogen-bond acceptors (Lipinski definition) is 4. The normalized spacial score (nSPS) is 15.2. The minimum absolute atomic E-state index is 0.165. The Morgan fingerprint density at radius 2 is 2.06 bits per heavy atom. The zero-order valence-electron chi connectivity index (χ0n) is 18.5. The SMILES string of the molecule is C#Cc1ccc2cccc(CNC(=O)N3CCC[C@H]3C(=O)NCc3ccc(OC)nc3)c2c1. The van der Waals surface area contributed by atoms with Crippen molar-refractivity contribution >= 4 is 22.7 Å². The Kier molecular flexibility index (Phi) is 6.75. The van der Waals surface area contributed by atoms with E-state index in [4.69, 9.17) is 11.2 Å². The van der Waals surface area contributed by atoms with Crippen molar-refractivity contribution in [2.45, 2.75) is 32.0 Å². The fourth-order valence-corrected chi connectivity index (χ4v) is 4.08. The average molecular weight is 443 g/mol. The summed E-state index contributed by atoms with van der Waals surface area (Å²) in [4.78, 5) is 31.4. The van der Waals surface area contributed by atoms with Gasteiger partial charge in [-0.05, 0) is 46.9 Å². The second-order valence-electron chi connectivity index (χ2n) is 7.93. The molecule has 0 bridgehead atoms.